The molecule has 6 nitrogen and oxygen atoms in total. The Hall–Kier alpha value is -1.99. The predicted molar refractivity (Wildman–Crippen MR) is 96.3 cm³/mol. The van der Waals surface area contributed by atoms with Crippen LogP contribution in [-0.4, -0.2) is 41.2 Å². The molecule has 3 rings (SSSR count). The van der Waals surface area contributed by atoms with Crippen LogP contribution >= 0.6 is 11.3 Å². The minimum absolute atomic E-state index is 0.117. The average Bonchev–Trinajstić information content (AvgIpc) is 3.09. The minimum atomic E-state index is -0.244. The van der Waals surface area contributed by atoms with Gasteiger partial charge in [-0.25, -0.2) is 4.98 Å². The van der Waals surface area contributed by atoms with Gasteiger partial charge in [0.25, 0.3) is 5.91 Å². The highest BCUT2D eigenvalue weighted by molar-refractivity contribution is 7.11. The van der Waals surface area contributed by atoms with Gasteiger partial charge in [0.05, 0.1) is 24.5 Å². The van der Waals surface area contributed by atoms with Gasteiger partial charge in [-0.3, -0.25) is 9.78 Å². The molecular formula is C18H23N3O3S. The van der Waals surface area contributed by atoms with Gasteiger partial charge in [0.2, 0.25) is 0 Å². The summed E-state index contributed by atoms with van der Waals surface area (Å²) in [6, 6.07) is 3.66. The van der Waals surface area contributed by atoms with E-state index in [1.54, 1.807) is 6.20 Å². The summed E-state index contributed by atoms with van der Waals surface area (Å²) in [6.45, 7) is 7.10. The monoisotopic (exact) mass is 361 g/mol. The zero-order chi connectivity index (χ0) is 17.8. The van der Waals surface area contributed by atoms with Crippen LogP contribution in [0, 0.1) is 6.92 Å². The van der Waals surface area contributed by atoms with Crippen molar-refractivity contribution < 1.29 is 14.3 Å². The number of hydrogen-bond acceptors (Lipinski definition) is 6. The van der Waals surface area contributed by atoms with Crippen LogP contribution in [0.2, 0.25) is 0 Å². The molecule has 3 heterocycles. The van der Waals surface area contributed by atoms with Crippen LogP contribution in [0.5, 0.6) is 5.75 Å². The Kier molecular flexibility index (Phi) is 5.65. The van der Waals surface area contributed by atoms with Crippen LogP contribution in [0.1, 0.15) is 47.4 Å². The smallest absolute Gasteiger partial charge is 0.280 e. The molecule has 1 saturated heterocycles. The Balaban J connectivity index is 1.65. The van der Waals surface area contributed by atoms with E-state index >= 15 is 0 Å². The number of thiazole rings is 1. The first kappa shape index (κ1) is 17.8. The summed E-state index contributed by atoms with van der Waals surface area (Å²) in [4.78, 5) is 21.2. The molecule has 134 valence electrons. The van der Waals surface area contributed by atoms with Gasteiger partial charge in [-0.2, -0.15) is 0 Å². The summed E-state index contributed by atoms with van der Waals surface area (Å²) in [6.07, 6.45) is 2.16. The van der Waals surface area contributed by atoms with Crippen LogP contribution in [0.15, 0.2) is 23.7 Å². The third-order valence-corrected chi connectivity index (χ3v) is 4.96. The summed E-state index contributed by atoms with van der Waals surface area (Å²) in [7, 11) is 0. The Morgan fingerprint density at radius 3 is 2.96 bits per heavy atom. The number of pyridine rings is 1. The van der Waals surface area contributed by atoms with Crippen molar-refractivity contribution in [3.63, 3.8) is 0 Å². The van der Waals surface area contributed by atoms with E-state index in [0.29, 0.717) is 36.3 Å². The highest BCUT2D eigenvalue weighted by Gasteiger charge is 2.30. The van der Waals surface area contributed by atoms with Crippen LogP contribution in [-0.2, 0) is 4.74 Å². The third kappa shape index (κ3) is 4.55. The van der Waals surface area contributed by atoms with E-state index in [9.17, 15) is 4.79 Å². The Morgan fingerprint density at radius 2 is 2.28 bits per heavy atom. The lowest BCUT2D eigenvalue weighted by molar-refractivity contribution is -0.0136. The summed E-state index contributed by atoms with van der Waals surface area (Å²) in [5.74, 6) is 0.835. The average molecular weight is 361 g/mol. The van der Waals surface area contributed by atoms with Gasteiger partial charge >= 0.3 is 0 Å². The number of hydrogen-bond donors (Lipinski definition) is 1. The summed E-state index contributed by atoms with van der Waals surface area (Å²) in [5, 5.41) is 5.48. The largest absolute Gasteiger partial charge is 0.484 e. The highest BCUT2D eigenvalue weighted by Crippen LogP contribution is 2.20. The lowest BCUT2D eigenvalue weighted by atomic mass is 10.1. The van der Waals surface area contributed by atoms with Gasteiger partial charge in [-0.05, 0) is 31.4 Å². The normalized spacial score (nSPS) is 20.5. The fourth-order valence-electron chi connectivity index (χ4n) is 2.58. The van der Waals surface area contributed by atoms with Crippen LogP contribution < -0.4 is 10.1 Å². The predicted octanol–water partition coefficient (Wildman–Crippen LogP) is 2.94. The first-order chi connectivity index (χ1) is 12.0. The third-order valence-electron chi connectivity index (χ3n) is 4.10. The van der Waals surface area contributed by atoms with E-state index in [1.807, 2.05) is 24.4 Å². The number of nitrogens with zero attached hydrogens (tertiary/aromatic N) is 2. The number of rotatable bonds is 5. The number of aromatic nitrogens is 2. The van der Waals surface area contributed by atoms with E-state index in [1.165, 1.54) is 11.3 Å². The van der Waals surface area contributed by atoms with Crippen molar-refractivity contribution in [3.8, 4) is 5.75 Å². The minimum Gasteiger partial charge on any atom is -0.484 e. The quantitative estimate of drug-likeness (QED) is 0.886. The molecule has 2 atom stereocenters. The summed E-state index contributed by atoms with van der Waals surface area (Å²) in [5.41, 5.74) is 1.88. The zero-order valence-electron chi connectivity index (χ0n) is 14.7. The van der Waals surface area contributed by atoms with Crippen molar-refractivity contribution >= 4 is 17.2 Å². The first-order valence-corrected chi connectivity index (χ1v) is 9.34. The van der Waals surface area contributed by atoms with E-state index < -0.39 is 0 Å². The fraction of sp³-hybridized carbons (Fsp3) is 0.500. The number of nitrogens with one attached hydrogen (secondary N) is 1. The Labute approximate surface area is 151 Å². The van der Waals surface area contributed by atoms with E-state index in [0.717, 1.165) is 11.4 Å². The van der Waals surface area contributed by atoms with Crippen molar-refractivity contribution in [1.82, 2.24) is 15.3 Å². The molecule has 0 aliphatic carbocycles. The molecule has 1 fully saturated rings. The van der Waals surface area contributed by atoms with Gasteiger partial charge in [-0.15, -0.1) is 11.3 Å². The van der Waals surface area contributed by atoms with Gasteiger partial charge in [0.15, 0.2) is 5.01 Å². The highest BCUT2D eigenvalue weighted by atomic mass is 32.1. The van der Waals surface area contributed by atoms with Gasteiger partial charge < -0.3 is 14.8 Å². The molecule has 1 N–H and O–H groups in total. The van der Waals surface area contributed by atoms with Crippen molar-refractivity contribution in [2.24, 2.45) is 0 Å². The molecule has 7 heteroatoms. The lowest BCUT2D eigenvalue weighted by Gasteiger charge is -2.32. The van der Waals surface area contributed by atoms with Crippen LogP contribution in [0.25, 0.3) is 0 Å². The van der Waals surface area contributed by atoms with Crippen molar-refractivity contribution in [3.05, 3.63) is 40.1 Å². The standard InChI is InChI=1S/C18H23N3O3S/c1-11(2)15-10-25-18(21-15)17(22)20-14-6-7-23-9-16(14)24-13-5-4-12(3)19-8-13/h4-5,8,10-11,14,16H,6-7,9H2,1-3H3,(H,20,22)/t14-,16+/m1/s1. The maximum atomic E-state index is 12.5. The summed E-state index contributed by atoms with van der Waals surface area (Å²) < 4.78 is 11.5. The first-order valence-electron chi connectivity index (χ1n) is 8.46. The van der Waals surface area contributed by atoms with Crippen molar-refractivity contribution in [2.75, 3.05) is 13.2 Å². The van der Waals surface area contributed by atoms with Crippen LogP contribution in [0.4, 0.5) is 0 Å². The number of carbonyl (C=O) groups is 1. The second kappa shape index (κ2) is 7.93. The Bertz CT molecular complexity index is 715. The SMILES string of the molecule is Cc1ccc(O[C@H]2COCC[C@H]2NC(=O)c2nc(C(C)C)cs2)cn1. The molecule has 2 aromatic rings. The number of ether oxygens (including phenoxy) is 2. The van der Waals surface area contributed by atoms with E-state index in [-0.39, 0.29) is 18.1 Å². The molecular weight excluding hydrogens is 338 g/mol. The number of aryl methyl sites for hydroxylation is 1. The maximum absolute atomic E-state index is 12.5. The number of amides is 1. The van der Waals surface area contributed by atoms with Crippen molar-refractivity contribution in [1.29, 1.82) is 0 Å². The topological polar surface area (TPSA) is 73.3 Å². The second-order valence-corrected chi connectivity index (χ2v) is 7.33. The van der Waals surface area contributed by atoms with Crippen LogP contribution in [0.3, 0.4) is 0 Å². The molecule has 0 unspecified atom stereocenters. The molecule has 1 aliphatic heterocycles. The molecule has 0 bridgehead atoms. The zero-order valence-corrected chi connectivity index (χ0v) is 15.5. The molecule has 1 aliphatic rings. The number of carbonyl (C=O) groups excluding carboxylic acids is 1. The second-order valence-electron chi connectivity index (χ2n) is 6.47. The Morgan fingerprint density at radius 1 is 1.44 bits per heavy atom. The van der Waals surface area contributed by atoms with E-state index in [2.05, 4.69) is 29.1 Å². The van der Waals surface area contributed by atoms with E-state index in [4.69, 9.17) is 9.47 Å². The molecule has 25 heavy (non-hydrogen) atoms. The molecule has 2 aromatic heterocycles. The molecule has 0 saturated carbocycles. The molecule has 0 spiro atoms. The maximum Gasteiger partial charge on any atom is 0.280 e. The summed E-state index contributed by atoms with van der Waals surface area (Å²) >= 11 is 1.38. The van der Waals surface area contributed by atoms with Gasteiger partial charge in [0.1, 0.15) is 11.9 Å². The molecule has 0 aromatic carbocycles. The molecule has 0 radical (unpaired) electrons. The van der Waals surface area contributed by atoms with Gasteiger partial charge in [0, 0.05) is 17.7 Å². The molecule has 1 amide bonds. The van der Waals surface area contributed by atoms with Gasteiger partial charge in [-0.1, -0.05) is 13.8 Å². The lowest BCUT2D eigenvalue weighted by Crippen LogP contribution is -2.51. The van der Waals surface area contributed by atoms with Crippen molar-refractivity contribution in [2.45, 2.75) is 45.3 Å². The fourth-order valence-corrected chi connectivity index (χ4v) is 3.46.